The summed E-state index contributed by atoms with van der Waals surface area (Å²) in [4.78, 5) is 36.7. The number of aromatic amines is 1. The molecule has 11 nitrogen and oxygen atoms in total. The standard InChI is InChI=1S/C24H26FN9O2/c1-12-28-8-14(9-29-12)36-23-31-21-19(22(32-23)34-10-17(27)24(11-34)3-4-24)15-5-13(25)6-16(20(15)30-21)33(2)18(35)7-26/h5-6,8-9,17H,3-4,7,10-11,26-27H2,1-2H3,(H,30,31,32)/t17-/m0/s1. The number of nitrogens with two attached hydrogens (primary N) is 2. The third-order valence-electron chi connectivity index (χ3n) is 7.24. The van der Waals surface area contributed by atoms with Gasteiger partial charge in [-0.2, -0.15) is 9.97 Å². The van der Waals surface area contributed by atoms with Crippen molar-refractivity contribution < 1.29 is 13.9 Å². The number of nitrogens with one attached hydrogen (secondary N) is 1. The van der Waals surface area contributed by atoms with Gasteiger partial charge in [0, 0.05) is 37.0 Å². The summed E-state index contributed by atoms with van der Waals surface area (Å²) < 4.78 is 20.7. The molecule has 4 heterocycles. The first-order chi connectivity index (χ1) is 17.3. The van der Waals surface area contributed by atoms with Crippen molar-refractivity contribution in [3.63, 3.8) is 0 Å². The Morgan fingerprint density at radius 2 is 2.06 bits per heavy atom. The number of hydrogen-bond acceptors (Lipinski definition) is 9. The molecule has 186 valence electrons. The Kier molecular flexibility index (Phi) is 5.05. The van der Waals surface area contributed by atoms with Crippen LogP contribution in [0.5, 0.6) is 11.8 Å². The number of carbonyl (C=O) groups excluding carboxylic acids is 1. The van der Waals surface area contributed by atoms with Crippen LogP contribution in [0.4, 0.5) is 15.9 Å². The molecule has 0 unspecified atom stereocenters. The molecule has 1 aliphatic heterocycles. The summed E-state index contributed by atoms with van der Waals surface area (Å²) in [5.41, 5.74) is 13.5. The number of likely N-dealkylation sites (N-methyl/N-ethyl adjacent to an activating group) is 1. The number of aromatic nitrogens is 5. The Hall–Kier alpha value is -3.90. The monoisotopic (exact) mass is 491 g/mol. The lowest BCUT2D eigenvalue weighted by Crippen LogP contribution is -2.32. The van der Waals surface area contributed by atoms with E-state index in [-0.39, 0.29) is 29.9 Å². The number of rotatable bonds is 5. The maximum atomic E-state index is 14.8. The lowest BCUT2D eigenvalue weighted by atomic mass is 10.0. The van der Waals surface area contributed by atoms with Crippen LogP contribution in [0, 0.1) is 18.2 Å². The van der Waals surface area contributed by atoms with Gasteiger partial charge in [-0.3, -0.25) is 4.79 Å². The van der Waals surface area contributed by atoms with E-state index >= 15 is 0 Å². The molecule has 0 radical (unpaired) electrons. The van der Waals surface area contributed by atoms with Crippen LogP contribution in [0.15, 0.2) is 24.5 Å². The maximum absolute atomic E-state index is 14.8. The van der Waals surface area contributed by atoms with Gasteiger partial charge in [0.2, 0.25) is 5.91 Å². The highest BCUT2D eigenvalue weighted by atomic mass is 19.1. The van der Waals surface area contributed by atoms with Gasteiger partial charge in [0.15, 0.2) is 5.75 Å². The molecular formula is C24H26FN9O2. The lowest BCUT2D eigenvalue weighted by molar-refractivity contribution is -0.117. The number of nitrogens with zero attached hydrogens (tertiary/aromatic N) is 6. The number of amides is 1. The van der Waals surface area contributed by atoms with Crippen molar-refractivity contribution in [2.24, 2.45) is 16.9 Å². The molecule has 1 aliphatic carbocycles. The van der Waals surface area contributed by atoms with Crippen LogP contribution >= 0.6 is 0 Å². The average molecular weight is 492 g/mol. The van der Waals surface area contributed by atoms with Crippen LogP contribution in [0.3, 0.4) is 0 Å². The van der Waals surface area contributed by atoms with Gasteiger partial charge in [-0.25, -0.2) is 14.4 Å². The summed E-state index contributed by atoms with van der Waals surface area (Å²) in [6, 6.07) is 2.82. The van der Waals surface area contributed by atoms with Crippen molar-refractivity contribution in [1.82, 2.24) is 24.9 Å². The van der Waals surface area contributed by atoms with E-state index in [9.17, 15) is 9.18 Å². The van der Waals surface area contributed by atoms with Gasteiger partial charge < -0.3 is 31.0 Å². The number of anilines is 2. The van der Waals surface area contributed by atoms with Crippen LogP contribution in [0.1, 0.15) is 18.7 Å². The number of ether oxygens (including phenoxy) is 1. The minimum atomic E-state index is -0.491. The molecule has 36 heavy (non-hydrogen) atoms. The second-order valence-electron chi connectivity index (χ2n) is 9.60. The maximum Gasteiger partial charge on any atom is 0.326 e. The quantitative estimate of drug-likeness (QED) is 0.380. The lowest BCUT2D eigenvalue weighted by Gasteiger charge is -2.19. The summed E-state index contributed by atoms with van der Waals surface area (Å²) >= 11 is 0. The van der Waals surface area contributed by atoms with Gasteiger partial charge in [0.1, 0.15) is 23.1 Å². The molecule has 1 saturated heterocycles. The van der Waals surface area contributed by atoms with Gasteiger partial charge in [-0.15, -0.1) is 0 Å². The van der Waals surface area contributed by atoms with Crippen molar-refractivity contribution in [3.05, 3.63) is 36.2 Å². The second kappa shape index (κ2) is 8.07. The summed E-state index contributed by atoms with van der Waals surface area (Å²) in [5, 5.41) is 1.19. The van der Waals surface area contributed by atoms with Crippen LogP contribution in [-0.2, 0) is 4.79 Å². The molecule has 12 heteroatoms. The first kappa shape index (κ1) is 22.6. The molecular weight excluding hydrogens is 465 g/mol. The first-order valence-corrected chi connectivity index (χ1v) is 11.7. The van der Waals surface area contributed by atoms with E-state index in [1.807, 2.05) is 0 Å². The van der Waals surface area contributed by atoms with Crippen molar-refractivity contribution in [2.75, 3.05) is 36.5 Å². The third kappa shape index (κ3) is 3.60. The highest BCUT2D eigenvalue weighted by Gasteiger charge is 2.54. The van der Waals surface area contributed by atoms with Crippen LogP contribution in [0.2, 0.25) is 0 Å². The molecule has 1 atom stereocenters. The van der Waals surface area contributed by atoms with E-state index in [0.29, 0.717) is 51.6 Å². The Morgan fingerprint density at radius 1 is 1.31 bits per heavy atom. The molecule has 2 aliphatic rings. The van der Waals surface area contributed by atoms with Gasteiger partial charge in [-0.05, 0) is 31.9 Å². The molecule has 1 spiro atoms. The summed E-state index contributed by atoms with van der Waals surface area (Å²) in [6.07, 6.45) is 5.24. The second-order valence-corrected chi connectivity index (χ2v) is 9.60. The van der Waals surface area contributed by atoms with Crippen LogP contribution < -0.4 is 26.0 Å². The van der Waals surface area contributed by atoms with Gasteiger partial charge in [0.05, 0.1) is 35.5 Å². The van der Waals surface area contributed by atoms with Crippen molar-refractivity contribution in [1.29, 1.82) is 0 Å². The number of H-pyrrole nitrogens is 1. The molecule has 4 aromatic rings. The zero-order chi connectivity index (χ0) is 25.2. The fourth-order valence-electron chi connectivity index (χ4n) is 5.00. The number of aryl methyl sites for hydroxylation is 1. The Bertz CT molecular complexity index is 1500. The predicted octanol–water partition coefficient (Wildman–Crippen LogP) is 1.99. The molecule has 1 aromatic carbocycles. The van der Waals surface area contributed by atoms with Crippen LogP contribution in [-0.4, -0.2) is 63.6 Å². The van der Waals surface area contributed by atoms with E-state index in [2.05, 4.69) is 24.8 Å². The van der Waals surface area contributed by atoms with Crippen molar-refractivity contribution >= 4 is 39.3 Å². The van der Waals surface area contributed by atoms with Gasteiger partial charge in [0.25, 0.3) is 0 Å². The van der Waals surface area contributed by atoms with Gasteiger partial charge in [-0.1, -0.05) is 0 Å². The Labute approximate surface area is 205 Å². The average Bonchev–Trinajstić information content (AvgIpc) is 3.45. The zero-order valence-corrected chi connectivity index (χ0v) is 20.0. The van der Waals surface area contributed by atoms with E-state index in [0.717, 1.165) is 19.4 Å². The third-order valence-corrected chi connectivity index (χ3v) is 7.24. The minimum absolute atomic E-state index is 0.0168. The van der Waals surface area contributed by atoms with E-state index in [1.165, 1.54) is 17.0 Å². The van der Waals surface area contributed by atoms with E-state index < -0.39 is 5.82 Å². The predicted molar refractivity (Wildman–Crippen MR) is 133 cm³/mol. The number of carbonyl (C=O) groups is 1. The number of hydrogen-bond donors (Lipinski definition) is 3. The summed E-state index contributed by atoms with van der Waals surface area (Å²) in [5.74, 6) is 0.754. The molecule has 1 amide bonds. The normalized spacial score (nSPS) is 18.4. The van der Waals surface area contributed by atoms with Crippen molar-refractivity contribution in [2.45, 2.75) is 25.8 Å². The topological polar surface area (TPSA) is 152 Å². The molecule has 2 fully saturated rings. The SMILES string of the molecule is Cc1ncc(Oc2nc(N3C[C@H](N)C4(CC4)C3)c3c(n2)[nH]c2c(N(C)C(=O)CN)cc(F)cc23)cn1. The number of halogens is 1. The first-order valence-electron chi connectivity index (χ1n) is 11.7. The molecule has 3 aromatic heterocycles. The largest absolute Gasteiger partial charge is 0.421 e. The molecule has 1 saturated carbocycles. The summed E-state index contributed by atoms with van der Waals surface area (Å²) in [6.45, 7) is 2.93. The number of benzene rings is 1. The van der Waals surface area contributed by atoms with Crippen molar-refractivity contribution in [3.8, 4) is 11.8 Å². The summed E-state index contributed by atoms with van der Waals surface area (Å²) in [7, 11) is 1.56. The molecule has 0 bridgehead atoms. The fourth-order valence-corrected chi connectivity index (χ4v) is 5.00. The highest BCUT2D eigenvalue weighted by Crippen LogP contribution is 2.53. The minimum Gasteiger partial charge on any atom is -0.421 e. The molecule has 6 rings (SSSR count). The number of fused-ring (bicyclic) bond motifs is 3. The zero-order valence-electron chi connectivity index (χ0n) is 20.0. The Balaban J connectivity index is 1.55. The van der Waals surface area contributed by atoms with E-state index in [1.54, 1.807) is 26.4 Å². The Morgan fingerprint density at radius 3 is 2.72 bits per heavy atom. The van der Waals surface area contributed by atoms with Crippen LogP contribution in [0.25, 0.3) is 21.9 Å². The molecule has 5 N–H and O–H groups in total. The highest BCUT2D eigenvalue weighted by molar-refractivity contribution is 6.16. The smallest absolute Gasteiger partial charge is 0.326 e. The van der Waals surface area contributed by atoms with Gasteiger partial charge >= 0.3 is 6.01 Å². The fraction of sp³-hybridized carbons (Fsp3) is 0.375. The van der Waals surface area contributed by atoms with E-state index in [4.69, 9.17) is 21.2 Å².